The second kappa shape index (κ2) is 5.70. The lowest BCUT2D eigenvalue weighted by molar-refractivity contribution is 0.248. The van der Waals surface area contributed by atoms with Crippen LogP contribution in [0.1, 0.15) is 11.3 Å². The highest BCUT2D eigenvalue weighted by Gasteiger charge is 2.15. The van der Waals surface area contributed by atoms with E-state index in [0.717, 1.165) is 22.2 Å². The third-order valence-electron chi connectivity index (χ3n) is 3.79. The molecule has 0 bridgehead atoms. The number of hydrogen-bond donors (Lipinski definition) is 1. The molecule has 114 valence electrons. The van der Waals surface area contributed by atoms with Crippen LogP contribution in [0.25, 0.3) is 22.4 Å². The van der Waals surface area contributed by atoms with Crippen LogP contribution in [-0.4, -0.2) is 19.9 Å². The van der Waals surface area contributed by atoms with E-state index in [9.17, 15) is 5.11 Å². The fourth-order valence-electron chi connectivity index (χ4n) is 2.68. The minimum absolute atomic E-state index is 0.115. The summed E-state index contributed by atoms with van der Waals surface area (Å²) in [5, 5.41) is 14.9. The van der Waals surface area contributed by atoms with Crippen molar-refractivity contribution < 1.29 is 9.52 Å². The van der Waals surface area contributed by atoms with Crippen molar-refractivity contribution >= 4 is 10.9 Å². The Hall–Kier alpha value is -2.92. The van der Waals surface area contributed by atoms with Gasteiger partial charge in [-0.25, -0.2) is 0 Å². The van der Waals surface area contributed by atoms with E-state index in [1.54, 1.807) is 18.5 Å². The summed E-state index contributed by atoms with van der Waals surface area (Å²) >= 11 is 0. The van der Waals surface area contributed by atoms with Gasteiger partial charge in [-0.05, 0) is 35.9 Å². The smallest absolute Gasteiger partial charge is 0.155 e. The molecule has 5 nitrogen and oxygen atoms in total. The Bertz CT molecular complexity index is 941. The molecular formula is C18H15N3O2. The Morgan fingerprint density at radius 2 is 1.83 bits per heavy atom. The van der Waals surface area contributed by atoms with Crippen LogP contribution in [0.3, 0.4) is 0 Å². The van der Waals surface area contributed by atoms with Crippen LogP contribution in [0.5, 0.6) is 0 Å². The lowest BCUT2D eigenvalue weighted by Crippen LogP contribution is -2.01. The Balaban J connectivity index is 1.83. The molecule has 5 heteroatoms. The van der Waals surface area contributed by atoms with Gasteiger partial charge in [0.25, 0.3) is 0 Å². The van der Waals surface area contributed by atoms with Crippen molar-refractivity contribution in [2.24, 2.45) is 0 Å². The molecule has 4 rings (SSSR count). The van der Waals surface area contributed by atoms with Gasteiger partial charge in [0.1, 0.15) is 18.1 Å². The highest BCUT2D eigenvalue weighted by molar-refractivity contribution is 5.92. The summed E-state index contributed by atoms with van der Waals surface area (Å²) < 4.78 is 7.61. The summed E-state index contributed by atoms with van der Waals surface area (Å²) in [5.41, 5.74) is 2.96. The minimum Gasteiger partial charge on any atom is -0.457 e. The zero-order chi connectivity index (χ0) is 15.6. The Labute approximate surface area is 132 Å². The number of fused-ring (bicyclic) bond motifs is 1. The summed E-state index contributed by atoms with van der Waals surface area (Å²) in [4.78, 5) is 4.05. The molecule has 0 fully saturated rings. The summed E-state index contributed by atoms with van der Waals surface area (Å²) in [6, 6.07) is 15.6. The molecule has 23 heavy (non-hydrogen) atoms. The molecule has 0 atom stereocenters. The number of nitrogens with zero attached hydrogens (tertiary/aromatic N) is 3. The zero-order valence-electron chi connectivity index (χ0n) is 12.4. The minimum atomic E-state index is -0.115. The molecule has 0 radical (unpaired) electrons. The van der Waals surface area contributed by atoms with Crippen LogP contribution in [-0.2, 0) is 13.2 Å². The number of benzene rings is 1. The lowest BCUT2D eigenvalue weighted by Gasteiger charge is -2.02. The number of aliphatic hydroxyl groups is 1. The van der Waals surface area contributed by atoms with Gasteiger partial charge < -0.3 is 9.52 Å². The molecule has 3 heterocycles. The van der Waals surface area contributed by atoms with Gasteiger partial charge in [-0.2, -0.15) is 5.10 Å². The summed E-state index contributed by atoms with van der Waals surface area (Å²) in [6.45, 7) is 0.548. The molecule has 0 aliphatic heterocycles. The van der Waals surface area contributed by atoms with Crippen LogP contribution in [0.15, 0.2) is 65.3 Å². The van der Waals surface area contributed by atoms with Crippen LogP contribution in [0.2, 0.25) is 0 Å². The molecule has 0 unspecified atom stereocenters. The Morgan fingerprint density at radius 3 is 2.61 bits per heavy atom. The molecule has 4 aromatic rings. The standard InChI is InChI=1S/C18H15N3O2/c22-12-14-5-6-17(23-14)18-15-3-1-2-4-16(15)21(20-18)11-13-7-9-19-10-8-13/h1-10,22H,11-12H2. The molecule has 0 saturated carbocycles. The third kappa shape index (κ3) is 2.51. The molecule has 1 N–H and O–H groups in total. The Morgan fingerprint density at radius 1 is 1.00 bits per heavy atom. The molecule has 0 spiro atoms. The van der Waals surface area contributed by atoms with Crippen LogP contribution in [0, 0.1) is 0 Å². The number of pyridine rings is 1. The van der Waals surface area contributed by atoms with Crippen LogP contribution >= 0.6 is 0 Å². The number of aliphatic hydroxyl groups excluding tert-OH is 1. The van der Waals surface area contributed by atoms with E-state index in [2.05, 4.69) is 4.98 Å². The molecule has 0 saturated heterocycles. The van der Waals surface area contributed by atoms with Gasteiger partial charge >= 0.3 is 0 Å². The second-order valence-corrected chi connectivity index (χ2v) is 5.30. The first kappa shape index (κ1) is 13.7. The molecule has 0 amide bonds. The molecule has 3 aromatic heterocycles. The van der Waals surface area contributed by atoms with Gasteiger partial charge in [-0.1, -0.05) is 18.2 Å². The molecule has 1 aromatic carbocycles. The van der Waals surface area contributed by atoms with E-state index < -0.39 is 0 Å². The number of hydrogen-bond acceptors (Lipinski definition) is 4. The maximum Gasteiger partial charge on any atom is 0.155 e. The maximum atomic E-state index is 9.19. The van der Waals surface area contributed by atoms with Gasteiger partial charge in [-0.3, -0.25) is 9.67 Å². The van der Waals surface area contributed by atoms with Crippen molar-refractivity contribution in [2.75, 3.05) is 0 Å². The van der Waals surface area contributed by atoms with Crippen molar-refractivity contribution in [2.45, 2.75) is 13.2 Å². The largest absolute Gasteiger partial charge is 0.457 e. The molecule has 0 aliphatic rings. The highest BCUT2D eigenvalue weighted by atomic mass is 16.4. The first-order valence-corrected chi connectivity index (χ1v) is 7.39. The average molecular weight is 305 g/mol. The topological polar surface area (TPSA) is 64.1 Å². The quantitative estimate of drug-likeness (QED) is 0.628. The fourth-order valence-corrected chi connectivity index (χ4v) is 2.68. The van der Waals surface area contributed by atoms with E-state index in [-0.39, 0.29) is 6.61 Å². The predicted molar refractivity (Wildman–Crippen MR) is 86.7 cm³/mol. The summed E-state index contributed by atoms with van der Waals surface area (Å²) in [6.07, 6.45) is 3.56. The van der Waals surface area contributed by atoms with E-state index in [1.165, 1.54) is 0 Å². The van der Waals surface area contributed by atoms with Crippen molar-refractivity contribution in [3.8, 4) is 11.5 Å². The van der Waals surface area contributed by atoms with Crippen molar-refractivity contribution in [1.29, 1.82) is 0 Å². The monoisotopic (exact) mass is 305 g/mol. The van der Waals surface area contributed by atoms with Crippen molar-refractivity contribution in [3.05, 3.63) is 72.2 Å². The number of para-hydroxylation sites is 1. The SMILES string of the molecule is OCc1ccc(-c2nn(Cc3ccncc3)c3ccccc23)o1. The fraction of sp³-hybridized carbons (Fsp3) is 0.111. The van der Waals surface area contributed by atoms with Crippen LogP contribution in [0.4, 0.5) is 0 Å². The Kier molecular flexibility index (Phi) is 3.40. The van der Waals surface area contributed by atoms with Crippen LogP contribution < -0.4 is 0 Å². The third-order valence-corrected chi connectivity index (χ3v) is 3.79. The van der Waals surface area contributed by atoms with Gasteiger partial charge in [0.15, 0.2) is 5.76 Å². The average Bonchev–Trinajstić information content (AvgIpc) is 3.21. The predicted octanol–water partition coefficient (Wildman–Crippen LogP) is 3.23. The van der Waals surface area contributed by atoms with Crippen molar-refractivity contribution in [1.82, 2.24) is 14.8 Å². The zero-order valence-corrected chi connectivity index (χ0v) is 12.4. The number of aromatic nitrogens is 3. The van der Waals surface area contributed by atoms with Gasteiger partial charge in [0, 0.05) is 17.8 Å². The number of rotatable bonds is 4. The molecular weight excluding hydrogens is 290 g/mol. The van der Waals surface area contributed by atoms with Gasteiger partial charge in [0.05, 0.1) is 12.1 Å². The van der Waals surface area contributed by atoms with Gasteiger partial charge in [0.2, 0.25) is 0 Å². The second-order valence-electron chi connectivity index (χ2n) is 5.30. The maximum absolute atomic E-state index is 9.19. The van der Waals surface area contributed by atoms with Crippen molar-refractivity contribution in [3.63, 3.8) is 0 Å². The first-order chi connectivity index (χ1) is 11.3. The van der Waals surface area contributed by atoms with E-state index in [1.807, 2.05) is 47.1 Å². The van der Waals surface area contributed by atoms with E-state index in [0.29, 0.717) is 18.1 Å². The van der Waals surface area contributed by atoms with Gasteiger partial charge in [-0.15, -0.1) is 0 Å². The normalized spacial score (nSPS) is 11.2. The van der Waals surface area contributed by atoms with E-state index in [4.69, 9.17) is 9.52 Å². The van der Waals surface area contributed by atoms with E-state index >= 15 is 0 Å². The highest BCUT2D eigenvalue weighted by Crippen LogP contribution is 2.29. The summed E-state index contributed by atoms with van der Waals surface area (Å²) in [7, 11) is 0. The number of furan rings is 1. The molecule has 0 aliphatic carbocycles. The first-order valence-electron chi connectivity index (χ1n) is 7.39. The summed E-state index contributed by atoms with van der Waals surface area (Å²) in [5.74, 6) is 1.20. The lowest BCUT2D eigenvalue weighted by atomic mass is 10.2.